The summed E-state index contributed by atoms with van der Waals surface area (Å²) in [5.41, 5.74) is -2.13. The molecular formula is C24H23F3N4O3S. The van der Waals surface area contributed by atoms with Crippen LogP contribution in [-0.2, 0) is 15.8 Å². The Kier molecular flexibility index (Phi) is 7.36. The van der Waals surface area contributed by atoms with Crippen molar-refractivity contribution in [2.45, 2.75) is 38.9 Å². The van der Waals surface area contributed by atoms with E-state index in [9.17, 15) is 22.8 Å². The van der Waals surface area contributed by atoms with Gasteiger partial charge in [-0.15, -0.1) is 0 Å². The number of benzene rings is 2. The molecule has 184 valence electrons. The topological polar surface area (TPSA) is 66.2 Å². The molecule has 0 unspecified atom stereocenters. The first-order valence-electron chi connectivity index (χ1n) is 10.6. The van der Waals surface area contributed by atoms with Gasteiger partial charge in [0.2, 0.25) is 5.91 Å². The van der Waals surface area contributed by atoms with Gasteiger partial charge < -0.3 is 15.0 Å². The molecular weight excluding hydrogens is 481 g/mol. The van der Waals surface area contributed by atoms with Crippen molar-refractivity contribution >= 4 is 46.2 Å². The summed E-state index contributed by atoms with van der Waals surface area (Å²) in [6.07, 6.45) is -4.25. The predicted molar refractivity (Wildman–Crippen MR) is 129 cm³/mol. The Balaban J connectivity index is 1.69. The lowest BCUT2D eigenvalue weighted by atomic mass is 10.0. The van der Waals surface area contributed by atoms with Crippen LogP contribution in [0, 0.1) is 6.57 Å². The largest absolute Gasteiger partial charge is 0.494 e. The van der Waals surface area contributed by atoms with Crippen LogP contribution in [0.3, 0.4) is 0 Å². The average Bonchev–Trinajstić information content (AvgIpc) is 2.95. The van der Waals surface area contributed by atoms with E-state index in [1.807, 2.05) is 0 Å². The third kappa shape index (κ3) is 5.54. The van der Waals surface area contributed by atoms with Crippen molar-refractivity contribution in [1.29, 1.82) is 0 Å². The molecule has 0 atom stereocenters. The highest BCUT2D eigenvalue weighted by Crippen LogP contribution is 2.40. The van der Waals surface area contributed by atoms with Gasteiger partial charge in [-0.1, -0.05) is 6.07 Å². The summed E-state index contributed by atoms with van der Waals surface area (Å²) in [5.74, 6) is -0.0382. The molecule has 0 bridgehead atoms. The van der Waals surface area contributed by atoms with E-state index in [4.69, 9.17) is 23.5 Å². The van der Waals surface area contributed by atoms with Crippen LogP contribution >= 0.6 is 12.2 Å². The van der Waals surface area contributed by atoms with Crippen molar-refractivity contribution in [1.82, 2.24) is 4.90 Å². The zero-order valence-corrected chi connectivity index (χ0v) is 20.1. The Morgan fingerprint density at radius 2 is 1.86 bits per heavy atom. The predicted octanol–water partition coefficient (Wildman–Crippen LogP) is 5.40. The first-order valence-corrected chi connectivity index (χ1v) is 11.0. The van der Waals surface area contributed by atoms with E-state index in [0.29, 0.717) is 31.0 Å². The molecule has 1 fully saturated rings. The second-order valence-corrected chi connectivity index (χ2v) is 8.72. The van der Waals surface area contributed by atoms with E-state index in [1.165, 1.54) is 13.0 Å². The highest BCUT2D eigenvalue weighted by molar-refractivity contribution is 7.80. The molecule has 0 radical (unpaired) electrons. The van der Waals surface area contributed by atoms with Crippen LogP contribution < -0.4 is 15.0 Å². The van der Waals surface area contributed by atoms with Crippen LogP contribution in [0.1, 0.15) is 32.8 Å². The molecule has 1 aliphatic rings. The number of carbonyl (C=O) groups excluding carboxylic acids is 2. The maximum Gasteiger partial charge on any atom is 0.407 e. The number of nitrogens with zero attached hydrogens (tertiary/aromatic N) is 3. The monoisotopic (exact) mass is 504 g/mol. The molecule has 11 heteroatoms. The summed E-state index contributed by atoms with van der Waals surface area (Å²) in [4.78, 5) is 29.9. The molecule has 1 aliphatic heterocycles. The molecule has 0 spiro atoms. The lowest BCUT2D eigenvalue weighted by Crippen LogP contribution is -2.44. The lowest BCUT2D eigenvalue weighted by Gasteiger charge is -2.29. The minimum Gasteiger partial charge on any atom is -0.494 e. The molecule has 35 heavy (non-hydrogen) atoms. The zero-order chi connectivity index (χ0) is 26.0. The van der Waals surface area contributed by atoms with Gasteiger partial charge in [0.05, 0.1) is 18.7 Å². The van der Waals surface area contributed by atoms with Gasteiger partial charge in [0.15, 0.2) is 10.8 Å². The van der Waals surface area contributed by atoms with Gasteiger partial charge in [0.1, 0.15) is 11.3 Å². The molecule has 1 N–H and O–H groups in total. The highest BCUT2D eigenvalue weighted by Gasteiger charge is 2.49. The Hall–Kier alpha value is -3.65. The van der Waals surface area contributed by atoms with E-state index >= 15 is 0 Å². The molecule has 3 rings (SSSR count). The van der Waals surface area contributed by atoms with Crippen molar-refractivity contribution in [2.75, 3.05) is 23.4 Å². The number of halogens is 3. The number of amides is 2. The summed E-state index contributed by atoms with van der Waals surface area (Å²) >= 11 is 5.47. The molecule has 2 amide bonds. The third-order valence-electron chi connectivity index (χ3n) is 5.46. The van der Waals surface area contributed by atoms with Crippen LogP contribution in [0.5, 0.6) is 5.75 Å². The number of ether oxygens (including phenoxy) is 1. The van der Waals surface area contributed by atoms with Crippen molar-refractivity contribution in [3.05, 3.63) is 59.4 Å². The number of thiocarbonyl (C=S) groups is 1. The van der Waals surface area contributed by atoms with Crippen LogP contribution in [0.4, 0.5) is 30.2 Å². The molecule has 2 aromatic carbocycles. The molecule has 0 aliphatic carbocycles. The van der Waals surface area contributed by atoms with Gasteiger partial charge in [0, 0.05) is 24.8 Å². The van der Waals surface area contributed by atoms with Gasteiger partial charge >= 0.3 is 6.18 Å². The van der Waals surface area contributed by atoms with Crippen LogP contribution in [0.2, 0.25) is 0 Å². The fraction of sp³-hybridized carbons (Fsp3) is 0.333. The SMILES string of the molecule is [C-]#[N+]c1ccc(N2C(=O)C(C)(C)N(CCCOc3ccc(NC(C)=O)cc3)C2=S)cc1C(F)(F)F. The minimum atomic E-state index is -4.74. The second kappa shape index (κ2) is 9.92. The van der Waals surface area contributed by atoms with Crippen molar-refractivity contribution < 1.29 is 27.5 Å². The Morgan fingerprint density at radius 3 is 2.43 bits per heavy atom. The Labute approximate surface area is 206 Å². The molecule has 2 aromatic rings. The first kappa shape index (κ1) is 26.0. The number of alkyl halides is 3. The Morgan fingerprint density at radius 1 is 1.20 bits per heavy atom. The third-order valence-corrected chi connectivity index (χ3v) is 5.86. The molecule has 1 heterocycles. The van der Waals surface area contributed by atoms with Gasteiger partial charge in [-0.2, -0.15) is 13.2 Å². The standard InChI is InChI=1S/C24H23F3N4O3S/c1-15(32)29-16-6-9-18(10-7-16)34-13-5-12-30-22(35)31(21(33)23(30,2)3)17-8-11-20(28-4)19(14-17)24(25,26)27/h6-11,14H,5,12-13H2,1-3H3,(H,29,32). The number of anilines is 2. The van der Waals surface area contributed by atoms with Crippen molar-refractivity contribution in [3.8, 4) is 5.75 Å². The zero-order valence-electron chi connectivity index (χ0n) is 19.3. The van der Waals surface area contributed by atoms with E-state index in [1.54, 1.807) is 43.0 Å². The van der Waals surface area contributed by atoms with Gasteiger partial charge in [0.25, 0.3) is 5.91 Å². The highest BCUT2D eigenvalue weighted by atomic mass is 32.1. The number of hydrogen-bond acceptors (Lipinski definition) is 4. The van der Waals surface area contributed by atoms with E-state index < -0.39 is 28.9 Å². The van der Waals surface area contributed by atoms with E-state index in [0.717, 1.165) is 17.0 Å². The quantitative estimate of drug-likeness (QED) is 0.311. The summed E-state index contributed by atoms with van der Waals surface area (Å²) in [6, 6.07) is 9.96. The van der Waals surface area contributed by atoms with Crippen molar-refractivity contribution in [2.24, 2.45) is 0 Å². The summed E-state index contributed by atoms with van der Waals surface area (Å²) in [7, 11) is 0. The second-order valence-electron chi connectivity index (χ2n) is 8.35. The maximum atomic E-state index is 13.4. The van der Waals surface area contributed by atoms with Crippen LogP contribution in [0.25, 0.3) is 4.85 Å². The number of nitrogens with one attached hydrogen (secondary N) is 1. The number of hydrogen-bond donors (Lipinski definition) is 1. The van der Waals surface area contributed by atoms with Gasteiger partial charge in [-0.25, -0.2) is 4.85 Å². The summed E-state index contributed by atoms with van der Waals surface area (Å²) in [5, 5.41) is 2.75. The maximum absolute atomic E-state index is 13.4. The molecule has 7 nitrogen and oxygen atoms in total. The van der Waals surface area contributed by atoms with Crippen LogP contribution in [0.15, 0.2) is 42.5 Å². The van der Waals surface area contributed by atoms with E-state index in [-0.39, 0.29) is 16.7 Å². The molecule has 0 saturated carbocycles. The lowest BCUT2D eigenvalue weighted by molar-refractivity contribution is -0.137. The summed E-state index contributed by atoms with van der Waals surface area (Å²) < 4.78 is 46.0. The van der Waals surface area contributed by atoms with Crippen LogP contribution in [-0.4, -0.2) is 40.5 Å². The fourth-order valence-electron chi connectivity index (χ4n) is 3.68. The number of carbonyl (C=O) groups is 2. The van der Waals surface area contributed by atoms with Gasteiger partial charge in [-0.3, -0.25) is 14.5 Å². The van der Waals surface area contributed by atoms with Gasteiger partial charge in [-0.05, 0) is 68.9 Å². The number of rotatable bonds is 7. The Bertz CT molecular complexity index is 1190. The fourth-order valence-corrected chi connectivity index (χ4v) is 4.18. The van der Waals surface area contributed by atoms with E-state index in [2.05, 4.69) is 10.2 Å². The van der Waals surface area contributed by atoms with Crippen molar-refractivity contribution in [3.63, 3.8) is 0 Å². The smallest absolute Gasteiger partial charge is 0.407 e. The average molecular weight is 505 g/mol. The molecule has 0 aromatic heterocycles. The molecule has 1 saturated heterocycles. The summed E-state index contributed by atoms with van der Waals surface area (Å²) in [6.45, 7) is 12.4. The minimum absolute atomic E-state index is 0.0363. The first-order chi connectivity index (χ1) is 16.4. The normalized spacial score (nSPS) is 15.2.